The number of hydrogen-bond acceptors (Lipinski definition) is 3. The SMILES string of the molecule is CC(C)OCC1CN(C(=O)N[C@@H]2CCc3ccccc32)CCO1. The predicted molar refractivity (Wildman–Crippen MR) is 88.4 cm³/mol. The van der Waals surface area contributed by atoms with E-state index in [9.17, 15) is 4.79 Å². The van der Waals surface area contributed by atoms with Crippen LogP contribution in [0.15, 0.2) is 24.3 Å². The maximum Gasteiger partial charge on any atom is 0.318 e. The molecule has 1 aliphatic heterocycles. The Balaban J connectivity index is 1.54. The lowest BCUT2D eigenvalue weighted by Gasteiger charge is -2.34. The molecular formula is C18H26N2O3. The van der Waals surface area contributed by atoms with Gasteiger partial charge in [0.2, 0.25) is 0 Å². The van der Waals surface area contributed by atoms with E-state index in [1.807, 2.05) is 24.8 Å². The second-order valence-corrected chi connectivity index (χ2v) is 6.56. The van der Waals surface area contributed by atoms with Gasteiger partial charge in [-0.25, -0.2) is 4.79 Å². The van der Waals surface area contributed by atoms with Crippen molar-refractivity contribution in [2.45, 2.75) is 44.9 Å². The topological polar surface area (TPSA) is 50.8 Å². The number of rotatable bonds is 4. The first-order chi connectivity index (χ1) is 11.1. The summed E-state index contributed by atoms with van der Waals surface area (Å²) < 4.78 is 11.3. The fraction of sp³-hybridized carbons (Fsp3) is 0.611. The van der Waals surface area contributed by atoms with Gasteiger partial charge in [-0.3, -0.25) is 0 Å². The minimum atomic E-state index is -0.0345. The molecule has 1 fully saturated rings. The highest BCUT2D eigenvalue weighted by molar-refractivity contribution is 5.75. The summed E-state index contributed by atoms with van der Waals surface area (Å²) in [5.41, 5.74) is 2.61. The summed E-state index contributed by atoms with van der Waals surface area (Å²) in [6.45, 7) is 6.34. The van der Waals surface area contributed by atoms with Gasteiger partial charge in [0.1, 0.15) is 0 Å². The first-order valence-corrected chi connectivity index (χ1v) is 8.50. The van der Waals surface area contributed by atoms with Crippen LogP contribution in [0.2, 0.25) is 0 Å². The van der Waals surface area contributed by atoms with Crippen LogP contribution >= 0.6 is 0 Å². The van der Waals surface area contributed by atoms with Gasteiger partial charge in [0.05, 0.1) is 38.0 Å². The van der Waals surface area contributed by atoms with Gasteiger partial charge in [0.25, 0.3) is 0 Å². The van der Waals surface area contributed by atoms with Gasteiger partial charge in [-0.15, -0.1) is 0 Å². The van der Waals surface area contributed by atoms with Crippen molar-refractivity contribution in [3.8, 4) is 0 Å². The number of ether oxygens (including phenoxy) is 2. The van der Waals surface area contributed by atoms with E-state index in [1.165, 1.54) is 11.1 Å². The maximum absolute atomic E-state index is 12.6. The molecular weight excluding hydrogens is 292 g/mol. The Hall–Kier alpha value is -1.59. The lowest BCUT2D eigenvalue weighted by atomic mass is 10.1. The third kappa shape index (κ3) is 4.03. The van der Waals surface area contributed by atoms with Gasteiger partial charge in [-0.2, -0.15) is 0 Å². The molecule has 0 radical (unpaired) electrons. The van der Waals surface area contributed by atoms with E-state index in [2.05, 4.69) is 23.5 Å². The van der Waals surface area contributed by atoms with Crippen molar-refractivity contribution in [1.29, 1.82) is 0 Å². The van der Waals surface area contributed by atoms with Crippen LogP contribution in [-0.4, -0.2) is 49.4 Å². The molecule has 1 aromatic carbocycles. The smallest absolute Gasteiger partial charge is 0.318 e. The molecule has 1 aliphatic carbocycles. The lowest BCUT2D eigenvalue weighted by molar-refractivity contribution is -0.0704. The van der Waals surface area contributed by atoms with Crippen LogP contribution < -0.4 is 5.32 Å². The Morgan fingerprint density at radius 2 is 2.26 bits per heavy atom. The number of benzene rings is 1. The third-order valence-corrected chi connectivity index (χ3v) is 4.47. The van der Waals surface area contributed by atoms with Gasteiger partial charge >= 0.3 is 6.03 Å². The Morgan fingerprint density at radius 1 is 1.43 bits per heavy atom. The van der Waals surface area contributed by atoms with Crippen LogP contribution in [0.1, 0.15) is 37.4 Å². The van der Waals surface area contributed by atoms with E-state index >= 15 is 0 Å². The Morgan fingerprint density at radius 3 is 3.09 bits per heavy atom. The number of aryl methyl sites for hydroxylation is 1. The maximum atomic E-state index is 12.6. The first-order valence-electron chi connectivity index (χ1n) is 8.50. The van der Waals surface area contributed by atoms with Gasteiger partial charge in [-0.05, 0) is 37.8 Å². The Labute approximate surface area is 137 Å². The van der Waals surface area contributed by atoms with Crippen molar-refractivity contribution in [1.82, 2.24) is 10.2 Å². The quantitative estimate of drug-likeness (QED) is 0.928. The molecule has 1 unspecified atom stereocenters. The first kappa shape index (κ1) is 16.3. The van der Waals surface area contributed by atoms with Crippen molar-refractivity contribution in [2.24, 2.45) is 0 Å². The summed E-state index contributed by atoms with van der Waals surface area (Å²) in [5.74, 6) is 0. The fourth-order valence-electron chi connectivity index (χ4n) is 3.25. The number of fused-ring (bicyclic) bond motifs is 1. The van der Waals surface area contributed by atoms with E-state index in [-0.39, 0.29) is 24.3 Å². The van der Waals surface area contributed by atoms with Crippen molar-refractivity contribution >= 4 is 6.03 Å². The van der Waals surface area contributed by atoms with Crippen molar-refractivity contribution in [3.05, 3.63) is 35.4 Å². The Kier molecular flexibility index (Phi) is 5.18. The number of carbonyl (C=O) groups is 1. The number of urea groups is 1. The zero-order chi connectivity index (χ0) is 16.2. The van der Waals surface area contributed by atoms with Crippen molar-refractivity contribution < 1.29 is 14.3 Å². The molecule has 2 atom stereocenters. The molecule has 0 spiro atoms. The van der Waals surface area contributed by atoms with Crippen LogP contribution in [-0.2, 0) is 15.9 Å². The number of carbonyl (C=O) groups excluding carboxylic acids is 1. The van der Waals surface area contributed by atoms with E-state index in [1.54, 1.807) is 0 Å². The van der Waals surface area contributed by atoms with E-state index < -0.39 is 0 Å². The van der Waals surface area contributed by atoms with Crippen molar-refractivity contribution in [2.75, 3.05) is 26.3 Å². The van der Waals surface area contributed by atoms with Crippen LogP contribution in [0.4, 0.5) is 4.79 Å². The summed E-state index contributed by atoms with van der Waals surface area (Å²) in [4.78, 5) is 14.4. The van der Waals surface area contributed by atoms with Crippen molar-refractivity contribution in [3.63, 3.8) is 0 Å². The molecule has 0 saturated carbocycles. The molecule has 3 rings (SSSR count). The molecule has 23 heavy (non-hydrogen) atoms. The summed E-state index contributed by atoms with van der Waals surface area (Å²) in [7, 11) is 0. The number of morpholine rings is 1. The second-order valence-electron chi connectivity index (χ2n) is 6.56. The molecule has 126 valence electrons. The van der Waals surface area contributed by atoms with Crippen LogP contribution in [0.25, 0.3) is 0 Å². The van der Waals surface area contributed by atoms with Gasteiger partial charge in [0, 0.05) is 6.54 Å². The molecule has 0 aromatic heterocycles. The summed E-state index contributed by atoms with van der Waals surface area (Å²) in [5, 5.41) is 3.18. The normalized spacial score (nSPS) is 23.9. The number of hydrogen-bond donors (Lipinski definition) is 1. The van der Waals surface area contributed by atoms with E-state index in [0.29, 0.717) is 26.3 Å². The molecule has 5 heteroatoms. The zero-order valence-corrected chi connectivity index (χ0v) is 14.0. The molecule has 2 amide bonds. The van der Waals surface area contributed by atoms with Gasteiger partial charge in [-0.1, -0.05) is 24.3 Å². The minimum Gasteiger partial charge on any atom is -0.376 e. The van der Waals surface area contributed by atoms with Gasteiger partial charge < -0.3 is 19.7 Å². The average Bonchev–Trinajstić information content (AvgIpc) is 2.96. The monoisotopic (exact) mass is 318 g/mol. The zero-order valence-electron chi connectivity index (χ0n) is 14.0. The van der Waals surface area contributed by atoms with E-state index in [0.717, 1.165) is 12.8 Å². The summed E-state index contributed by atoms with van der Waals surface area (Å²) in [6.07, 6.45) is 2.16. The lowest BCUT2D eigenvalue weighted by Crippen LogP contribution is -2.51. The predicted octanol–water partition coefficient (Wildman–Crippen LogP) is 2.51. The molecule has 1 N–H and O–H groups in total. The number of amides is 2. The fourth-order valence-corrected chi connectivity index (χ4v) is 3.25. The molecule has 1 saturated heterocycles. The molecule has 1 heterocycles. The largest absolute Gasteiger partial charge is 0.376 e. The summed E-state index contributed by atoms with van der Waals surface area (Å²) in [6, 6.07) is 8.50. The summed E-state index contributed by atoms with van der Waals surface area (Å²) >= 11 is 0. The van der Waals surface area contributed by atoms with Crippen LogP contribution in [0, 0.1) is 0 Å². The average molecular weight is 318 g/mol. The highest BCUT2D eigenvalue weighted by atomic mass is 16.5. The number of nitrogens with one attached hydrogen (secondary N) is 1. The molecule has 1 aromatic rings. The minimum absolute atomic E-state index is 0.00421. The van der Waals surface area contributed by atoms with E-state index in [4.69, 9.17) is 9.47 Å². The highest BCUT2D eigenvalue weighted by Crippen LogP contribution is 2.30. The van der Waals surface area contributed by atoms with Crippen LogP contribution in [0.5, 0.6) is 0 Å². The number of nitrogens with zero attached hydrogens (tertiary/aromatic N) is 1. The molecule has 5 nitrogen and oxygen atoms in total. The molecule has 2 aliphatic rings. The standard InChI is InChI=1S/C18H26N2O3/c1-13(2)23-12-15-11-20(9-10-22-15)18(21)19-17-8-7-14-5-3-4-6-16(14)17/h3-6,13,15,17H,7-12H2,1-2H3,(H,19,21)/t15?,17-/m1/s1. The van der Waals surface area contributed by atoms with Crippen LogP contribution in [0.3, 0.4) is 0 Å². The van der Waals surface area contributed by atoms with Gasteiger partial charge in [0.15, 0.2) is 0 Å². The second kappa shape index (κ2) is 7.32. The molecule has 0 bridgehead atoms. The highest BCUT2D eigenvalue weighted by Gasteiger charge is 2.28. The Bertz CT molecular complexity index is 547. The third-order valence-electron chi connectivity index (χ3n) is 4.47.